The molecule has 2 N–H and O–H groups in total. The lowest BCUT2D eigenvalue weighted by Crippen LogP contribution is -2.43. The van der Waals surface area contributed by atoms with Crippen molar-refractivity contribution < 1.29 is 4.79 Å². The number of nitrogens with one attached hydrogen (secondary N) is 2. The van der Waals surface area contributed by atoms with Crippen LogP contribution in [0.5, 0.6) is 0 Å². The van der Waals surface area contributed by atoms with Crippen LogP contribution in [-0.4, -0.2) is 27.0 Å². The second-order valence-electron chi connectivity index (χ2n) is 9.14. The Hall–Kier alpha value is -2.82. The van der Waals surface area contributed by atoms with Gasteiger partial charge in [0.1, 0.15) is 11.3 Å². The van der Waals surface area contributed by atoms with E-state index in [2.05, 4.69) is 45.5 Å². The average molecular weight is 386 g/mol. The van der Waals surface area contributed by atoms with Gasteiger partial charge in [-0.1, -0.05) is 24.3 Å². The van der Waals surface area contributed by atoms with Crippen LogP contribution in [-0.2, 0) is 26.3 Å². The lowest BCUT2D eigenvalue weighted by molar-refractivity contribution is 0.0950. The Morgan fingerprint density at radius 3 is 2.66 bits per heavy atom. The predicted octanol–water partition coefficient (Wildman–Crippen LogP) is 3.67. The minimum atomic E-state index is 0.0284. The highest BCUT2D eigenvalue weighted by atomic mass is 16.1. The molecule has 1 aromatic heterocycles. The average Bonchev–Trinajstić information content (AvgIpc) is 3.38. The van der Waals surface area contributed by atoms with Gasteiger partial charge >= 0.3 is 0 Å². The third-order valence-electron chi connectivity index (χ3n) is 7.08. The van der Waals surface area contributed by atoms with E-state index >= 15 is 0 Å². The van der Waals surface area contributed by atoms with E-state index in [1.165, 1.54) is 11.1 Å². The molecular formula is C24H26N4O. The van der Waals surface area contributed by atoms with Crippen LogP contribution in [0.25, 0.3) is 11.0 Å². The summed E-state index contributed by atoms with van der Waals surface area (Å²) in [5.41, 5.74) is 7.97. The van der Waals surface area contributed by atoms with Crippen molar-refractivity contribution in [2.45, 2.75) is 57.0 Å². The molecule has 1 aliphatic heterocycles. The van der Waals surface area contributed by atoms with Crippen molar-refractivity contribution in [2.24, 2.45) is 7.05 Å². The van der Waals surface area contributed by atoms with Gasteiger partial charge in [-0.2, -0.15) is 0 Å². The molecule has 1 spiro atoms. The second-order valence-corrected chi connectivity index (χ2v) is 9.14. The van der Waals surface area contributed by atoms with Crippen LogP contribution in [0.15, 0.2) is 30.3 Å². The van der Waals surface area contributed by atoms with Crippen LogP contribution in [0.1, 0.15) is 52.1 Å². The van der Waals surface area contributed by atoms with Gasteiger partial charge in [0, 0.05) is 24.2 Å². The van der Waals surface area contributed by atoms with Gasteiger partial charge in [-0.3, -0.25) is 4.79 Å². The first-order chi connectivity index (χ1) is 14.0. The van der Waals surface area contributed by atoms with E-state index in [-0.39, 0.29) is 11.4 Å². The second kappa shape index (κ2) is 5.85. The summed E-state index contributed by atoms with van der Waals surface area (Å²) in [6, 6.07) is 11.2. The maximum Gasteiger partial charge on any atom is 0.251 e. The number of aryl methyl sites for hydroxylation is 2. The van der Waals surface area contributed by atoms with Crippen molar-refractivity contribution in [3.8, 4) is 0 Å². The highest BCUT2D eigenvalue weighted by Crippen LogP contribution is 2.44. The molecule has 0 unspecified atom stereocenters. The summed E-state index contributed by atoms with van der Waals surface area (Å²) >= 11 is 0. The van der Waals surface area contributed by atoms with E-state index in [1.54, 1.807) is 0 Å². The molecule has 0 saturated heterocycles. The molecule has 148 valence electrons. The smallest absolute Gasteiger partial charge is 0.251 e. The Kier molecular flexibility index (Phi) is 3.44. The normalized spacial score (nSPS) is 19.1. The minimum absolute atomic E-state index is 0.0284. The molecule has 5 heteroatoms. The number of benzene rings is 2. The highest BCUT2D eigenvalue weighted by molar-refractivity contribution is 6.04. The summed E-state index contributed by atoms with van der Waals surface area (Å²) < 4.78 is 2.09. The summed E-state index contributed by atoms with van der Waals surface area (Å²) in [6.45, 7) is 2.03. The number of imidazole rings is 1. The third kappa shape index (κ3) is 2.60. The molecule has 0 bridgehead atoms. The first-order valence-corrected chi connectivity index (χ1v) is 10.7. The van der Waals surface area contributed by atoms with Crippen LogP contribution in [0.3, 0.4) is 0 Å². The summed E-state index contributed by atoms with van der Waals surface area (Å²) in [7, 11) is 2.03. The molecule has 2 aliphatic carbocycles. The van der Waals surface area contributed by atoms with Crippen LogP contribution in [0.2, 0.25) is 0 Å². The number of hydrogen-bond acceptors (Lipinski definition) is 3. The standard InChI is InChI=1S/C24H26N4O/c1-14-25-22-20(28(14)2)11-19(23(29)26-17-7-8-17)18-9-10-24(27-21(18)22)12-15-5-3-4-6-16(15)13-24/h3-6,11,17,27H,7-10,12-13H2,1-2H3,(H,26,29). The van der Waals surface area contributed by atoms with E-state index in [1.807, 2.05) is 14.0 Å². The topological polar surface area (TPSA) is 59.0 Å². The van der Waals surface area contributed by atoms with Gasteiger partial charge < -0.3 is 15.2 Å². The van der Waals surface area contributed by atoms with E-state index in [0.717, 1.165) is 72.2 Å². The van der Waals surface area contributed by atoms with Gasteiger partial charge in [0.25, 0.3) is 5.91 Å². The zero-order chi connectivity index (χ0) is 19.8. The summed E-state index contributed by atoms with van der Waals surface area (Å²) in [5, 5.41) is 7.10. The van der Waals surface area contributed by atoms with Gasteiger partial charge in [0.2, 0.25) is 0 Å². The lowest BCUT2D eigenvalue weighted by atomic mass is 9.82. The number of fused-ring (bicyclic) bond motifs is 4. The van der Waals surface area contributed by atoms with Gasteiger partial charge in [-0.05, 0) is 68.2 Å². The first-order valence-electron chi connectivity index (χ1n) is 10.7. The van der Waals surface area contributed by atoms with E-state index in [9.17, 15) is 4.79 Å². The Balaban J connectivity index is 1.48. The molecule has 6 rings (SSSR count). The first kappa shape index (κ1) is 17.1. The largest absolute Gasteiger partial charge is 0.377 e. The van der Waals surface area contributed by atoms with Crippen molar-refractivity contribution in [3.05, 3.63) is 58.4 Å². The Morgan fingerprint density at radius 2 is 1.97 bits per heavy atom. The monoisotopic (exact) mass is 386 g/mol. The van der Waals surface area contributed by atoms with Gasteiger partial charge in [-0.25, -0.2) is 4.98 Å². The zero-order valence-corrected chi connectivity index (χ0v) is 17.0. The van der Waals surface area contributed by atoms with Crippen LogP contribution >= 0.6 is 0 Å². The molecule has 2 heterocycles. The Labute approximate surface area is 170 Å². The molecule has 29 heavy (non-hydrogen) atoms. The van der Waals surface area contributed by atoms with Crippen molar-refractivity contribution in [1.29, 1.82) is 0 Å². The van der Waals surface area contributed by atoms with Crippen LogP contribution in [0, 0.1) is 6.92 Å². The van der Waals surface area contributed by atoms with E-state index in [0.29, 0.717) is 6.04 Å². The van der Waals surface area contributed by atoms with Gasteiger partial charge in [0.15, 0.2) is 0 Å². The summed E-state index contributed by atoms with van der Waals surface area (Å²) in [6.07, 6.45) is 6.22. The number of rotatable bonds is 2. The third-order valence-corrected chi connectivity index (χ3v) is 7.08. The SMILES string of the molecule is Cc1nc2c3c(c(C(=O)NC4CC4)cc2n1C)CCC1(Cc2ccccc2C1)N3. The summed E-state index contributed by atoms with van der Waals surface area (Å²) in [4.78, 5) is 17.9. The fraction of sp³-hybridized carbons (Fsp3) is 0.417. The molecule has 5 nitrogen and oxygen atoms in total. The molecule has 1 amide bonds. The molecule has 3 aromatic rings. The fourth-order valence-electron chi connectivity index (χ4n) is 5.22. The molecule has 3 aliphatic rings. The quantitative estimate of drug-likeness (QED) is 0.707. The molecule has 1 fully saturated rings. The number of carbonyl (C=O) groups is 1. The molecule has 0 atom stereocenters. The minimum Gasteiger partial charge on any atom is -0.377 e. The van der Waals surface area contributed by atoms with Crippen molar-refractivity contribution in [1.82, 2.24) is 14.9 Å². The highest BCUT2D eigenvalue weighted by Gasteiger charge is 2.41. The lowest BCUT2D eigenvalue weighted by Gasteiger charge is -2.38. The molecule has 2 aromatic carbocycles. The number of hydrogen-bond donors (Lipinski definition) is 2. The van der Waals surface area contributed by atoms with Crippen molar-refractivity contribution in [3.63, 3.8) is 0 Å². The molecule has 0 radical (unpaired) electrons. The van der Waals surface area contributed by atoms with E-state index in [4.69, 9.17) is 4.98 Å². The van der Waals surface area contributed by atoms with Crippen molar-refractivity contribution >= 4 is 22.6 Å². The van der Waals surface area contributed by atoms with Crippen LogP contribution < -0.4 is 10.6 Å². The maximum atomic E-state index is 13.1. The Bertz CT molecular complexity index is 1150. The number of nitrogens with zero attached hydrogens (tertiary/aromatic N) is 2. The van der Waals surface area contributed by atoms with Crippen LogP contribution in [0.4, 0.5) is 5.69 Å². The molecule has 1 saturated carbocycles. The number of carbonyl (C=O) groups excluding carboxylic acids is 1. The number of amides is 1. The predicted molar refractivity (Wildman–Crippen MR) is 114 cm³/mol. The van der Waals surface area contributed by atoms with Gasteiger partial charge in [0.05, 0.1) is 11.2 Å². The summed E-state index contributed by atoms with van der Waals surface area (Å²) in [5.74, 6) is 1.04. The number of aromatic nitrogens is 2. The van der Waals surface area contributed by atoms with Gasteiger partial charge in [-0.15, -0.1) is 0 Å². The van der Waals surface area contributed by atoms with E-state index < -0.39 is 0 Å². The number of anilines is 1. The maximum absolute atomic E-state index is 13.1. The Morgan fingerprint density at radius 1 is 1.24 bits per heavy atom. The molecular weight excluding hydrogens is 360 g/mol. The fourth-order valence-corrected chi connectivity index (χ4v) is 5.22. The van der Waals surface area contributed by atoms with Crippen molar-refractivity contribution in [2.75, 3.05) is 5.32 Å². The zero-order valence-electron chi connectivity index (χ0n) is 17.0.